The molecule has 0 nitrogen and oxygen atoms in total. The quantitative estimate of drug-likeness (QED) is 0.198. The molecule has 3 atom stereocenters. The Morgan fingerprint density at radius 3 is 1.76 bits per heavy atom. The van der Waals surface area contributed by atoms with Crippen molar-refractivity contribution >= 4 is 50.8 Å². The fourth-order valence-corrected chi connectivity index (χ4v) is 11.5. The molecule has 0 heteroatoms. The molecule has 4 aromatic carbocycles. The molecule has 0 aliphatic heterocycles. The molecule has 0 spiro atoms. The molecule has 0 fully saturated rings. The Hall–Kier alpha value is -5.46. The molecule has 0 saturated carbocycles. The van der Waals surface area contributed by atoms with Crippen LogP contribution in [-0.4, -0.2) is 0 Å². The number of benzene rings is 4. The molecule has 0 saturated heterocycles. The first-order valence-electron chi connectivity index (χ1n) is 20.8. The molecule has 0 amide bonds. The van der Waals surface area contributed by atoms with Crippen LogP contribution in [0.4, 0.5) is 0 Å². The summed E-state index contributed by atoms with van der Waals surface area (Å²) in [5.41, 5.74) is 16.6. The summed E-state index contributed by atoms with van der Waals surface area (Å²) in [5.74, 6) is 1.21. The Kier molecular flexibility index (Phi) is 7.67. The fraction of sp³-hybridized carbons (Fsp3) is 0.236. The number of hydrogen-bond donors (Lipinski definition) is 0. The summed E-state index contributed by atoms with van der Waals surface area (Å²) in [6.07, 6.45) is 39.1. The van der Waals surface area contributed by atoms with Gasteiger partial charge >= 0.3 is 0 Å². The predicted molar refractivity (Wildman–Crippen MR) is 234 cm³/mol. The van der Waals surface area contributed by atoms with E-state index in [4.69, 9.17) is 0 Å². The van der Waals surface area contributed by atoms with Crippen LogP contribution in [0.3, 0.4) is 0 Å². The molecule has 11 rings (SSSR count). The summed E-state index contributed by atoms with van der Waals surface area (Å²) in [6.45, 7) is 4.92. The van der Waals surface area contributed by atoms with Crippen molar-refractivity contribution < 1.29 is 0 Å². The highest BCUT2D eigenvalue weighted by Crippen LogP contribution is 2.55. The van der Waals surface area contributed by atoms with Gasteiger partial charge in [0.2, 0.25) is 0 Å². The van der Waals surface area contributed by atoms with Crippen molar-refractivity contribution in [1.82, 2.24) is 0 Å². The number of rotatable bonds is 4. The van der Waals surface area contributed by atoms with Crippen molar-refractivity contribution in [1.29, 1.82) is 0 Å². The molecule has 0 heterocycles. The van der Waals surface area contributed by atoms with E-state index in [1.165, 1.54) is 92.9 Å². The van der Waals surface area contributed by atoms with E-state index in [-0.39, 0.29) is 5.41 Å². The molecule has 0 radical (unpaired) electrons. The largest absolute Gasteiger partial charge is 0.0842 e. The minimum absolute atomic E-state index is 0.106. The molecular weight excluding hydrogens is 661 g/mol. The minimum Gasteiger partial charge on any atom is -0.0842 e. The third-order valence-corrected chi connectivity index (χ3v) is 14.0. The summed E-state index contributed by atoms with van der Waals surface area (Å²) in [6, 6.07) is 27.7. The van der Waals surface area contributed by atoms with E-state index in [0.717, 1.165) is 44.9 Å². The normalized spacial score (nSPS) is 24.2. The van der Waals surface area contributed by atoms with Crippen LogP contribution in [0.25, 0.3) is 50.8 Å². The lowest BCUT2D eigenvalue weighted by Crippen LogP contribution is -2.40. The van der Waals surface area contributed by atoms with Crippen LogP contribution < -0.4 is 20.9 Å². The van der Waals surface area contributed by atoms with Crippen LogP contribution in [0.2, 0.25) is 0 Å². The van der Waals surface area contributed by atoms with Crippen LogP contribution in [-0.2, 0) is 5.41 Å². The van der Waals surface area contributed by atoms with E-state index in [2.05, 4.69) is 166 Å². The molecule has 4 aromatic rings. The maximum absolute atomic E-state index is 2.56. The molecular formula is C55H48. The highest BCUT2D eigenvalue weighted by atomic mass is 14.5. The second-order valence-corrected chi connectivity index (χ2v) is 17.2. The van der Waals surface area contributed by atoms with Crippen LogP contribution in [0.15, 0.2) is 151 Å². The Labute approximate surface area is 325 Å². The Balaban J connectivity index is 1.07. The van der Waals surface area contributed by atoms with E-state index >= 15 is 0 Å². The topological polar surface area (TPSA) is 0 Å². The molecule has 0 aromatic heterocycles. The van der Waals surface area contributed by atoms with Crippen LogP contribution in [0.1, 0.15) is 81.0 Å². The first-order valence-corrected chi connectivity index (χ1v) is 20.8. The smallest absolute Gasteiger partial charge is 0.0134 e. The van der Waals surface area contributed by atoms with Crippen molar-refractivity contribution in [2.75, 3.05) is 0 Å². The molecule has 55 heavy (non-hydrogen) atoms. The van der Waals surface area contributed by atoms with Crippen LogP contribution >= 0.6 is 0 Å². The van der Waals surface area contributed by atoms with Gasteiger partial charge < -0.3 is 0 Å². The van der Waals surface area contributed by atoms with Gasteiger partial charge in [0.1, 0.15) is 0 Å². The third-order valence-electron chi connectivity index (χ3n) is 14.0. The highest BCUT2D eigenvalue weighted by Gasteiger charge is 2.44. The summed E-state index contributed by atoms with van der Waals surface area (Å²) in [7, 11) is 0. The van der Waals surface area contributed by atoms with Crippen molar-refractivity contribution in [2.24, 2.45) is 17.8 Å². The van der Waals surface area contributed by atoms with Crippen molar-refractivity contribution in [3.05, 3.63) is 194 Å². The van der Waals surface area contributed by atoms with Gasteiger partial charge in [0.15, 0.2) is 0 Å². The third kappa shape index (κ3) is 5.03. The maximum Gasteiger partial charge on any atom is 0.0134 e. The average Bonchev–Trinajstić information content (AvgIpc) is 3.47. The molecule has 0 bridgehead atoms. The molecule has 7 aliphatic rings. The second-order valence-electron chi connectivity index (χ2n) is 17.2. The monoisotopic (exact) mass is 708 g/mol. The van der Waals surface area contributed by atoms with Gasteiger partial charge in [-0.1, -0.05) is 166 Å². The zero-order chi connectivity index (χ0) is 36.7. The first-order chi connectivity index (χ1) is 27.1. The predicted octanol–water partition coefficient (Wildman–Crippen LogP) is 10.7. The van der Waals surface area contributed by atoms with Crippen molar-refractivity contribution in [2.45, 2.75) is 64.2 Å². The van der Waals surface area contributed by atoms with E-state index < -0.39 is 0 Å². The van der Waals surface area contributed by atoms with Gasteiger partial charge in [-0.05, 0) is 149 Å². The minimum atomic E-state index is 0.106. The van der Waals surface area contributed by atoms with Crippen molar-refractivity contribution in [3.8, 4) is 0 Å². The SMILES string of the molecule is CC1(C)c2ccccc2C2=CC=C(c3c4c(c(C5=CC=C(C6=c7ccccc7=C(C7=CC=CCC7)C7C=CC=CC67)CC5)c5ccccc35)=CCCC=4)CC21. The zero-order valence-electron chi connectivity index (χ0n) is 32.1. The second kappa shape index (κ2) is 12.8. The van der Waals surface area contributed by atoms with Gasteiger partial charge in [-0.25, -0.2) is 0 Å². The fourth-order valence-electron chi connectivity index (χ4n) is 11.5. The van der Waals surface area contributed by atoms with Crippen LogP contribution in [0.5, 0.6) is 0 Å². The lowest BCUT2D eigenvalue weighted by molar-refractivity contribution is 0.418. The Bertz CT molecular complexity index is 2860. The van der Waals surface area contributed by atoms with Crippen molar-refractivity contribution in [3.63, 3.8) is 0 Å². The molecule has 3 unspecified atom stereocenters. The van der Waals surface area contributed by atoms with Gasteiger partial charge in [-0.15, -0.1) is 0 Å². The molecule has 7 aliphatic carbocycles. The van der Waals surface area contributed by atoms with Gasteiger partial charge in [0, 0.05) is 11.8 Å². The lowest BCUT2D eigenvalue weighted by Gasteiger charge is -2.36. The number of hydrogen-bond acceptors (Lipinski definition) is 0. The van der Waals surface area contributed by atoms with E-state index in [1.54, 1.807) is 0 Å². The first kappa shape index (κ1) is 32.9. The lowest BCUT2D eigenvalue weighted by atomic mass is 9.68. The Morgan fingerprint density at radius 1 is 0.527 bits per heavy atom. The maximum atomic E-state index is 2.56. The number of allylic oxidation sites excluding steroid dienone is 16. The standard InChI is InChI=1S/C55H48/c1-55(2)49-27-15-14-18-39(49)40-33-32-38(34-50(40)55)54-47-25-12-10-23-45(47)53(46-24-11-13-26-48(46)54)37-30-28-36(29-31-37)52-43-21-8-6-19-41(43)51(35-16-4-3-5-17-35)42-20-7-9-22-44(42)52/h3-4,6-10,12,14-16,18-28,30,32-33,41,43,50H,5,11,13,17,29,31,34H2,1-2H3. The van der Waals surface area contributed by atoms with E-state index in [9.17, 15) is 0 Å². The van der Waals surface area contributed by atoms with Gasteiger partial charge in [0.25, 0.3) is 0 Å². The molecule has 0 N–H and O–H groups in total. The van der Waals surface area contributed by atoms with Gasteiger partial charge in [-0.3, -0.25) is 0 Å². The summed E-state index contributed by atoms with van der Waals surface area (Å²) < 4.78 is 0. The van der Waals surface area contributed by atoms with Crippen LogP contribution in [0, 0.1) is 17.8 Å². The Morgan fingerprint density at radius 2 is 1.11 bits per heavy atom. The summed E-state index contributed by atoms with van der Waals surface area (Å²) in [4.78, 5) is 0. The van der Waals surface area contributed by atoms with E-state index in [1.807, 2.05) is 0 Å². The molecule has 268 valence electrons. The number of fused-ring (bicyclic) bond motifs is 7. The van der Waals surface area contributed by atoms with E-state index in [0.29, 0.717) is 17.8 Å². The van der Waals surface area contributed by atoms with Gasteiger partial charge in [-0.2, -0.15) is 0 Å². The summed E-state index contributed by atoms with van der Waals surface area (Å²) in [5, 5.41) is 8.58. The highest BCUT2D eigenvalue weighted by molar-refractivity contribution is 6.03. The van der Waals surface area contributed by atoms with Gasteiger partial charge in [0.05, 0.1) is 0 Å². The zero-order valence-corrected chi connectivity index (χ0v) is 32.1. The summed E-state index contributed by atoms with van der Waals surface area (Å²) >= 11 is 0. The average molecular weight is 709 g/mol.